The number of aliphatic hydroxyl groups excluding tert-OH is 1. The van der Waals surface area contributed by atoms with Gasteiger partial charge < -0.3 is 10.1 Å². The number of alkyl halides is 3. The van der Waals surface area contributed by atoms with Crippen LogP contribution in [0.15, 0.2) is 10.9 Å². The quantitative estimate of drug-likeness (QED) is 0.764. The fraction of sp³-hybridized carbons (Fsp3) is 0.375. The van der Waals surface area contributed by atoms with Crippen LogP contribution >= 0.6 is 11.6 Å². The number of H-pyrrole nitrogens is 1. The Labute approximate surface area is 83.3 Å². The molecule has 2 N–H and O–H groups in total. The zero-order chi connectivity index (χ0) is 10.7. The van der Waals surface area contributed by atoms with Crippen molar-refractivity contribution in [2.75, 3.05) is 0 Å². The first-order valence-corrected chi connectivity index (χ1v) is 4.33. The zero-order valence-electron chi connectivity index (χ0n) is 7.06. The Balaban J connectivity index is 3.32. The largest absolute Gasteiger partial charge is 0.392 e. The van der Waals surface area contributed by atoms with E-state index in [0.717, 1.165) is 0 Å². The molecule has 0 spiro atoms. The molecule has 78 valence electrons. The molecule has 1 rings (SSSR count). The first-order valence-electron chi connectivity index (χ1n) is 3.80. The van der Waals surface area contributed by atoms with Crippen molar-refractivity contribution >= 4 is 11.6 Å². The maximum absolute atomic E-state index is 12.3. The fourth-order valence-corrected chi connectivity index (χ4v) is 1.26. The van der Waals surface area contributed by atoms with Crippen LogP contribution in [0.5, 0.6) is 0 Å². The van der Waals surface area contributed by atoms with E-state index in [9.17, 15) is 13.6 Å². The van der Waals surface area contributed by atoms with Crippen molar-refractivity contribution in [2.45, 2.75) is 18.9 Å². The Kier molecular flexibility index (Phi) is 3.60. The van der Waals surface area contributed by atoms with Gasteiger partial charge in [-0.05, 0) is 6.07 Å². The van der Waals surface area contributed by atoms with E-state index in [0.29, 0.717) is 0 Å². The van der Waals surface area contributed by atoms with Crippen LogP contribution in [0.4, 0.5) is 8.78 Å². The Hall–Kier alpha value is -0.940. The van der Waals surface area contributed by atoms with Crippen LogP contribution in [0, 0.1) is 0 Å². The third-order valence-corrected chi connectivity index (χ3v) is 2.05. The molecule has 1 heterocycles. The molecule has 3 nitrogen and oxygen atoms in total. The number of aromatic amines is 1. The molecule has 0 fully saturated rings. The van der Waals surface area contributed by atoms with Gasteiger partial charge in [-0.3, -0.25) is 4.79 Å². The average Bonchev–Trinajstić information content (AvgIpc) is 2.17. The van der Waals surface area contributed by atoms with Gasteiger partial charge in [0.1, 0.15) is 0 Å². The van der Waals surface area contributed by atoms with Crippen LogP contribution in [0.25, 0.3) is 0 Å². The molecule has 0 unspecified atom stereocenters. The van der Waals surface area contributed by atoms with Crippen molar-refractivity contribution < 1.29 is 13.9 Å². The summed E-state index contributed by atoms with van der Waals surface area (Å²) in [7, 11) is 0. The van der Waals surface area contributed by atoms with Crippen molar-refractivity contribution in [1.82, 2.24) is 4.98 Å². The van der Waals surface area contributed by atoms with Crippen molar-refractivity contribution in [2.24, 2.45) is 0 Å². The standard InChI is InChI=1S/C8H8ClF2NO2/c9-2-4-1-5(3-13)6(7(10)11)12-8(4)14/h1,7,13H,2-3H2,(H,12,14). The summed E-state index contributed by atoms with van der Waals surface area (Å²) < 4.78 is 24.6. The van der Waals surface area contributed by atoms with Crippen LogP contribution < -0.4 is 5.56 Å². The Morgan fingerprint density at radius 2 is 2.14 bits per heavy atom. The highest BCUT2D eigenvalue weighted by Gasteiger charge is 2.15. The van der Waals surface area contributed by atoms with E-state index >= 15 is 0 Å². The molecular formula is C8H8ClF2NO2. The summed E-state index contributed by atoms with van der Waals surface area (Å²) in [5.74, 6) is -0.0775. The summed E-state index contributed by atoms with van der Waals surface area (Å²) >= 11 is 5.40. The minimum absolute atomic E-state index is 0.00440. The fourth-order valence-electron chi connectivity index (χ4n) is 1.06. The second-order valence-corrected chi connectivity index (χ2v) is 2.92. The SMILES string of the molecule is O=c1[nH]c(C(F)F)c(CO)cc1CCl. The second-order valence-electron chi connectivity index (χ2n) is 2.66. The Morgan fingerprint density at radius 1 is 1.50 bits per heavy atom. The number of nitrogens with one attached hydrogen (secondary N) is 1. The minimum Gasteiger partial charge on any atom is -0.392 e. The van der Waals surface area contributed by atoms with Gasteiger partial charge in [0.25, 0.3) is 12.0 Å². The van der Waals surface area contributed by atoms with E-state index < -0.39 is 24.3 Å². The maximum atomic E-state index is 12.3. The summed E-state index contributed by atoms with van der Waals surface area (Å²) in [6, 6.07) is 1.19. The summed E-state index contributed by atoms with van der Waals surface area (Å²) in [5.41, 5.74) is -1.03. The van der Waals surface area contributed by atoms with Gasteiger partial charge >= 0.3 is 0 Å². The molecule has 0 aromatic carbocycles. The number of hydrogen-bond donors (Lipinski definition) is 2. The van der Waals surface area contributed by atoms with Gasteiger partial charge in [0.05, 0.1) is 18.2 Å². The van der Waals surface area contributed by atoms with E-state index in [1.54, 1.807) is 0 Å². The summed E-state index contributed by atoms with van der Waals surface area (Å²) in [6.07, 6.45) is -2.81. The monoisotopic (exact) mass is 223 g/mol. The lowest BCUT2D eigenvalue weighted by Gasteiger charge is -2.07. The highest BCUT2D eigenvalue weighted by atomic mass is 35.5. The van der Waals surface area contributed by atoms with Crippen molar-refractivity contribution in [3.8, 4) is 0 Å². The van der Waals surface area contributed by atoms with Gasteiger partial charge in [0, 0.05) is 11.1 Å². The van der Waals surface area contributed by atoms with Crippen molar-refractivity contribution in [1.29, 1.82) is 0 Å². The molecule has 0 radical (unpaired) electrons. The number of hydrogen-bond acceptors (Lipinski definition) is 2. The van der Waals surface area contributed by atoms with Gasteiger partial charge in [-0.1, -0.05) is 0 Å². The van der Waals surface area contributed by atoms with Crippen LogP contribution in [0.3, 0.4) is 0 Å². The predicted molar refractivity (Wildman–Crippen MR) is 47.5 cm³/mol. The third-order valence-electron chi connectivity index (χ3n) is 1.77. The number of pyridine rings is 1. The molecular weight excluding hydrogens is 216 g/mol. The van der Waals surface area contributed by atoms with Gasteiger partial charge in [0.15, 0.2) is 0 Å². The van der Waals surface area contributed by atoms with Gasteiger partial charge in [-0.25, -0.2) is 8.78 Å². The zero-order valence-corrected chi connectivity index (χ0v) is 7.81. The topological polar surface area (TPSA) is 53.1 Å². The Bertz CT molecular complexity index is 378. The van der Waals surface area contributed by atoms with E-state index in [2.05, 4.69) is 0 Å². The predicted octanol–water partition coefficient (Wildman–Crippen LogP) is 1.54. The number of halogens is 3. The van der Waals surface area contributed by atoms with Crippen LogP contribution in [-0.2, 0) is 12.5 Å². The molecule has 0 aliphatic carbocycles. The Morgan fingerprint density at radius 3 is 2.57 bits per heavy atom. The van der Waals surface area contributed by atoms with E-state index in [-0.39, 0.29) is 17.0 Å². The summed E-state index contributed by atoms with van der Waals surface area (Å²) in [5, 5.41) is 8.78. The molecule has 0 atom stereocenters. The van der Waals surface area contributed by atoms with Crippen LogP contribution in [-0.4, -0.2) is 10.1 Å². The highest BCUT2D eigenvalue weighted by molar-refractivity contribution is 6.17. The van der Waals surface area contributed by atoms with Crippen molar-refractivity contribution in [3.63, 3.8) is 0 Å². The number of aromatic nitrogens is 1. The number of rotatable bonds is 3. The van der Waals surface area contributed by atoms with Crippen LogP contribution in [0.2, 0.25) is 0 Å². The average molecular weight is 224 g/mol. The maximum Gasteiger partial charge on any atom is 0.278 e. The lowest BCUT2D eigenvalue weighted by atomic mass is 10.1. The molecule has 0 aliphatic rings. The highest BCUT2D eigenvalue weighted by Crippen LogP contribution is 2.20. The summed E-state index contributed by atoms with van der Waals surface area (Å²) in [6.45, 7) is -0.555. The summed E-state index contributed by atoms with van der Waals surface area (Å²) in [4.78, 5) is 13.1. The first-order chi connectivity index (χ1) is 6.60. The first kappa shape index (κ1) is 11.1. The number of aliphatic hydroxyl groups is 1. The molecule has 6 heteroatoms. The minimum atomic E-state index is -2.81. The van der Waals surface area contributed by atoms with Gasteiger partial charge in [-0.2, -0.15) is 0 Å². The molecule has 0 bridgehead atoms. The molecule has 14 heavy (non-hydrogen) atoms. The van der Waals surface area contributed by atoms with Crippen molar-refractivity contribution in [3.05, 3.63) is 33.2 Å². The molecule has 1 aromatic rings. The molecule has 0 amide bonds. The lowest BCUT2D eigenvalue weighted by Crippen LogP contribution is -2.16. The smallest absolute Gasteiger partial charge is 0.278 e. The molecule has 0 saturated carbocycles. The molecule has 0 saturated heterocycles. The van der Waals surface area contributed by atoms with E-state index in [1.807, 2.05) is 4.98 Å². The molecule has 0 aliphatic heterocycles. The van der Waals surface area contributed by atoms with E-state index in [4.69, 9.17) is 16.7 Å². The lowest BCUT2D eigenvalue weighted by molar-refractivity contribution is 0.141. The van der Waals surface area contributed by atoms with Gasteiger partial charge in [0.2, 0.25) is 0 Å². The normalized spacial score (nSPS) is 10.9. The molecule has 1 aromatic heterocycles. The second kappa shape index (κ2) is 4.52. The van der Waals surface area contributed by atoms with E-state index in [1.165, 1.54) is 6.07 Å². The van der Waals surface area contributed by atoms with Gasteiger partial charge in [-0.15, -0.1) is 11.6 Å². The third kappa shape index (κ3) is 2.10. The van der Waals surface area contributed by atoms with Crippen LogP contribution in [0.1, 0.15) is 23.2 Å².